The van der Waals surface area contributed by atoms with Crippen LogP contribution in [0.3, 0.4) is 0 Å². The normalized spacial score (nSPS) is 13.5. The SMILES string of the molecule is Cl.O=C(Nc1ccc(Cl)cc1OCC(F)(F)F)c1n[nH]c2c1CNCC2. The Balaban J connectivity index is 0.00000243. The molecule has 142 valence electrons. The zero-order valence-corrected chi connectivity index (χ0v) is 14.8. The molecule has 26 heavy (non-hydrogen) atoms. The summed E-state index contributed by atoms with van der Waals surface area (Å²) >= 11 is 5.80. The van der Waals surface area contributed by atoms with Gasteiger partial charge < -0.3 is 15.4 Å². The van der Waals surface area contributed by atoms with Gasteiger partial charge >= 0.3 is 6.18 Å². The first-order valence-electron chi connectivity index (χ1n) is 7.41. The molecule has 0 saturated heterocycles. The summed E-state index contributed by atoms with van der Waals surface area (Å²) in [5.41, 5.74) is 1.89. The van der Waals surface area contributed by atoms with Crippen molar-refractivity contribution in [3.05, 3.63) is 40.2 Å². The molecule has 2 heterocycles. The maximum absolute atomic E-state index is 12.5. The van der Waals surface area contributed by atoms with E-state index in [2.05, 4.69) is 20.8 Å². The number of hydrogen-bond donors (Lipinski definition) is 3. The van der Waals surface area contributed by atoms with Crippen LogP contribution in [-0.2, 0) is 13.0 Å². The Hall–Kier alpha value is -1.97. The first-order chi connectivity index (χ1) is 11.8. The van der Waals surface area contributed by atoms with E-state index < -0.39 is 18.7 Å². The summed E-state index contributed by atoms with van der Waals surface area (Å²) in [6.07, 6.45) is -3.78. The number of amides is 1. The van der Waals surface area contributed by atoms with Crippen molar-refractivity contribution in [3.8, 4) is 5.75 Å². The van der Waals surface area contributed by atoms with Crippen LogP contribution in [0.1, 0.15) is 21.7 Å². The van der Waals surface area contributed by atoms with Crippen molar-refractivity contribution in [2.45, 2.75) is 19.1 Å². The first kappa shape index (κ1) is 20.3. The molecule has 0 unspecified atom stereocenters. The number of nitrogens with zero attached hydrogens (tertiary/aromatic N) is 1. The summed E-state index contributed by atoms with van der Waals surface area (Å²) in [7, 11) is 0. The topological polar surface area (TPSA) is 79.0 Å². The van der Waals surface area contributed by atoms with Crippen LogP contribution >= 0.6 is 24.0 Å². The zero-order valence-electron chi connectivity index (χ0n) is 13.2. The molecule has 6 nitrogen and oxygen atoms in total. The van der Waals surface area contributed by atoms with Crippen LogP contribution in [0.4, 0.5) is 18.9 Å². The van der Waals surface area contributed by atoms with Crippen LogP contribution < -0.4 is 15.4 Å². The highest BCUT2D eigenvalue weighted by atomic mass is 35.5. The molecule has 0 atom stereocenters. The number of alkyl halides is 3. The van der Waals surface area contributed by atoms with Crippen molar-refractivity contribution < 1.29 is 22.7 Å². The highest BCUT2D eigenvalue weighted by Gasteiger charge is 2.29. The van der Waals surface area contributed by atoms with E-state index in [1.807, 2.05) is 0 Å². The van der Waals surface area contributed by atoms with Crippen molar-refractivity contribution >= 4 is 35.6 Å². The van der Waals surface area contributed by atoms with Crippen molar-refractivity contribution in [2.24, 2.45) is 0 Å². The lowest BCUT2D eigenvalue weighted by molar-refractivity contribution is -0.153. The van der Waals surface area contributed by atoms with Crippen LogP contribution in [0.25, 0.3) is 0 Å². The number of halogens is 5. The number of nitrogens with one attached hydrogen (secondary N) is 3. The van der Waals surface area contributed by atoms with Gasteiger partial charge in [0.1, 0.15) is 5.75 Å². The fraction of sp³-hybridized carbons (Fsp3) is 0.333. The van der Waals surface area contributed by atoms with Crippen molar-refractivity contribution in [3.63, 3.8) is 0 Å². The second kappa shape index (κ2) is 8.15. The highest BCUT2D eigenvalue weighted by Crippen LogP contribution is 2.30. The van der Waals surface area contributed by atoms with E-state index in [1.165, 1.54) is 18.2 Å². The fourth-order valence-electron chi connectivity index (χ4n) is 2.47. The van der Waals surface area contributed by atoms with Crippen LogP contribution in [0.15, 0.2) is 18.2 Å². The Kier molecular flexibility index (Phi) is 6.38. The van der Waals surface area contributed by atoms with Gasteiger partial charge in [0.05, 0.1) is 5.69 Å². The Morgan fingerprint density at radius 1 is 1.38 bits per heavy atom. The van der Waals surface area contributed by atoms with E-state index in [0.717, 1.165) is 24.2 Å². The number of carbonyl (C=O) groups excluding carboxylic acids is 1. The lowest BCUT2D eigenvalue weighted by Gasteiger charge is -2.15. The molecular weight excluding hydrogens is 396 g/mol. The molecule has 1 aliphatic rings. The maximum atomic E-state index is 12.5. The number of anilines is 1. The number of aromatic amines is 1. The summed E-state index contributed by atoms with van der Waals surface area (Å²) in [5, 5.41) is 12.7. The Labute approximate surface area is 157 Å². The number of hydrogen-bond acceptors (Lipinski definition) is 4. The van der Waals surface area contributed by atoms with Crippen molar-refractivity contribution in [1.29, 1.82) is 0 Å². The average molecular weight is 411 g/mol. The summed E-state index contributed by atoms with van der Waals surface area (Å²) in [4.78, 5) is 12.5. The minimum absolute atomic E-state index is 0. The molecule has 0 aliphatic carbocycles. The average Bonchev–Trinajstić information content (AvgIpc) is 2.98. The highest BCUT2D eigenvalue weighted by molar-refractivity contribution is 6.30. The number of fused-ring (bicyclic) bond motifs is 1. The van der Waals surface area contributed by atoms with Gasteiger partial charge in [0.25, 0.3) is 5.91 Å². The van der Waals surface area contributed by atoms with E-state index in [9.17, 15) is 18.0 Å². The second-order valence-electron chi connectivity index (χ2n) is 5.45. The molecule has 0 spiro atoms. The number of H-pyrrole nitrogens is 1. The largest absolute Gasteiger partial charge is 0.482 e. The Bertz CT molecular complexity index is 796. The molecule has 0 fully saturated rings. The van der Waals surface area contributed by atoms with Gasteiger partial charge in [-0.1, -0.05) is 11.6 Å². The van der Waals surface area contributed by atoms with E-state index in [0.29, 0.717) is 6.54 Å². The second-order valence-corrected chi connectivity index (χ2v) is 5.89. The predicted octanol–water partition coefficient (Wildman–Crippen LogP) is 3.32. The van der Waals surface area contributed by atoms with Gasteiger partial charge in [-0.2, -0.15) is 18.3 Å². The quantitative estimate of drug-likeness (QED) is 0.722. The maximum Gasteiger partial charge on any atom is 0.422 e. The molecule has 1 aromatic heterocycles. The van der Waals surface area contributed by atoms with Crippen LogP contribution in [-0.4, -0.2) is 35.4 Å². The first-order valence-corrected chi connectivity index (χ1v) is 7.78. The summed E-state index contributed by atoms with van der Waals surface area (Å²) in [6.45, 7) is -0.215. The fourth-order valence-corrected chi connectivity index (χ4v) is 2.64. The number of aromatic nitrogens is 2. The van der Waals surface area contributed by atoms with Gasteiger partial charge in [0.2, 0.25) is 0 Å². The van der Waals surface area contributed by atoms with Crippen molar-refractivity contribution in [1.82, 2.24) is 15.5 Å². The number of carbonyl (C=O) groups is 1. The van der Waals surface area contributed by atoms with Gasteiger partial charge in [0, 0.05) is 41.9 Å². The molecule has 1 aromatic carbocycles. The van der Waals surface area contributed by atoms with E-state index >= 15 is 0 Å². The van der Waals surface area contributed by atoms with Crippen LogP contribution in [0, 0.1) is 0 Å². The zero-order chi connectivity index (χ0) is 18.0. The van der Waals surface area contributed by atoms with Crippen LogP contribution in [0.2, 0.25) is 5.02 Å². The van der Waals surface area contributed by atoms with Gasteiger partial charge in [0.15, 0.2) is 12.3 Å². The standard InChI is InChI=1S/C15H14ClF3N4O2.ClH/c16-8-1-2-11(12(5-8)25-7-15(17,18)19)21-14(24)13-9-6-20-4-3-10(9)22-23-13;/h1-2,5,20H,3-4,6-7H2,(H,21,24)(H,22,23);1H. The lowest BCUT2D eigenvalue weighted by atomic mass is 10.1. The third-order valence-electron chi connectivity index (χ3n) is 3.60. The third-order valence-corrected chi connectivity index (χ3v) is 3.84. The van der Waals surface area contributed by atoms with Gasteiger partial charge in [-0.3, -0.25) is 9.89 Å². The summed E-state index contributed by atoms with van der Waals surface area (Å²) < 4.78 is 41.9. The molecule has 1 aliphatic heterocycles. The summed E-state index contributed by atoms with van der Waals surface area (Å²) in [5.74, 6) is -0.707. The van der Waals surface area contributed by atoms with Crippen molar-refractivity contribution in [2.75, 3.05) is 18.5 Å². The molecular formula is C15H15Cl2F3N4O2. The smallest absolute Gasteiger partial charge is 0.422 e. The van der Waals surface area contributed by atoms with E-state index in [4.69, 9.17) is 16.3 Å². The predicted molar refractivity (Wildman–Crippen MR) is 92.2 cm³/mol. The third kappa shape index (κ3) is 4.80. The molecule has 0 bridgehead atoms. The lowest BCUT2D eigenvalue weighted by Crippen LogP contribution is -2.25. The van der Waals surface area contributed by atoms with Crippen LogP contribution in [0.5, 0.6) is 5.75 Å². The van der Waals surface area contributed by atoms with Gasteiger partial charge in [-0.05, 0) is 12.1 Å². The Morgan fingerprint density at radius 2 is 2.15 bits per heavy atom. The number of ether oxygens (including phenoxy) is 1. The van der Waals surface area contributed by atoms with E-state index in [1.54, 1.807) is 0 Å². The minimum atomic E-state index is -4.50. The van der Waals surface area contributed by atoms with Gasteiger partial charge in [-0.25, -0.2) is 0 Å². The molecule has 11 heteroatoms. The molecule has 0 saturated carbocycles. The molecule has 3 N–H and O–H groups in total. The number of benzene rings is 1. The minimum Gasteiger partial charge on any atom is -0.482 e. The number of rotatable bonds is 4. The molecule has 1 amide bonds. The molecule has 3 rings (SSSR count). The molecule has 0 radical (unpaired) electrons. The Morgan fingerprint density at radius 3 is 2.88 bits per heavy atom. The monoisotopic (exact) mass is 410 g/mol. The molecule has 2 aromatic rings. The summed E-state index contributed by atoms with van der Waals surface area (Å²) in [6, 6.07) is 4.03. The van der Waals surface area contributed by atoms with Gasteiger partial charge in [-0.15, -0.1) is 12.4 Å². The van der Waals surface area contributed by atoms with E-state index in [-0.39, 0.29) is 34.6 Å².